The molecular weight excluding hydrogens is 152 g/mol. The Kier molecular flexibility index (Phi) is 3.71. The summed E-state index contributed by atoms with van der Waals surface area (Å²) in [6.07, 6.45) is 3.72. The van der Waals surface area contributed by atoms with E-state index in [1.54, 1.807) is 0 Å². The van der Waals surface area contributed by atoms with Crippen LogP contribution in [0.15, 0.2) is 17.1 Å². The van der Waals surface area contributed by atoms with Gasteiger partial charge in [-0.15, -0.1) is 0 Å². The van der Waals surface area contributed by atoms with Gasteiger partial charge in [-0.25, -0.2) is 9.79 Å². The number of rotatable bonds is 4. The van der Waals surface area contributed by atoms with Crippen LogP contribution in [0.5, 0.6) is 0 Å². The first-order valence-electron chi connectivity index (χ1n) is 4.24. The van der Waals surface area contributed by atoms with Gasteiger partial charge in [-0.2, -0.15) is 0 Å². The van der Waals surface area contributed by atoms with Crippen LogP contribution in [-0.4, -0.2) is 25.7 Å². The fraction of sp³-hybridized carbons (Fsp3) is 0.667. The van der Waals surface area contributed by atoms with Gasteiger partial charge in [0.2, 0.25) is 6.08 Å². The SMILES string of the molecule is C=C(CN=C=O)CC1CCNC1. The third-order valence-corrected chi connectivity index (χ3v) is 2.11. The summed E-state index contributed by atoms with van der Waals surface area (Å²) in [5.74, 6) is 0.694. The number of isocyanates is 1. The molecule has 12 heavy (non-hydrogen) atoms. The van der Waals surface area contributed by atoms with Gasteiger partial charge in [0.05, 0.1) is 6.54 Å². The van der Waals surface area contributed by atoms with E-state index < -0.39 is 0 Å². The van der Waals surface area contributed by atoms with Crippen LogP contribution in [0.1, 0.15) is 12.8 Å². The highest BCUT2D eigenvalue weighted by atomic mass is 16.1. The summed E-state index contributed by atoms with van der Waals surface area (Å²) in [7, 11) is 0. The number of hydrogen-bond acceptors (Lipinski definition) is 3. The molecule has 0 radical (unpaired) electrons. The summed E-state index contributed by atoms with van der Waals surface area (Å²) in [6, 6.07) is 0. The molecule has 0 amide bonds. The van der Waals surface area contributed by atoms with Crippen molar-refractivity contribution in [3.8, 4) is 0 Å². The number of hydrogen-bond donors (Lipinski definition) is 1. The van der Waals surface area contributed by atoms with E-state index in [0.717, 1.165) is 25.1 Å². The topological polar surface area (TPSA) is 41.5 Å². The van der Waals surface area contributed by atoms with Gasteiger partial charge < -0.3 is 5.32 Å². The zero-order chi connectivity index (χ0) is 8.81. The third kappa shape index (κ3) is 2.99. The van der Waals surface area contributed by atoms with Crippen molar-refractivity contribution in [2.45, 2.75) is 12.8 Å². The molecule has 1 unspecified atom stereocenters. The smallest absolute Gasteiger partial charge is 0.235 e. The highest BCUT2D eigenvalue weighted by molar-refractivity contribution is 5.33. The van der Waals surface area contributed by atoms with Gasteiger partial charge in [-0.3, -0.25) is 0 Å². The van der Waals surface area contributed by atoms with Crippen LogP contribution in [0, 0.1) is 5.92 Å². The maximum atomic E-state index is 9.80. The van der Waals surface area contributed by atoms with Crippen LogP contribution < -0.4 is 5.32 Å². The molecule has 1 rings (SSSR count). The van der Waals surface area contributed by atoms with Gasteiger partial charge in [0.25, 0.3) is 0 Å². The third-order valence-electron chi connectivity index (χ3n) is 2.11. The summed E-state index contributed by atoms with van der Waals surface area (Å²) in [5, 5.41) is 3.28. The summed E-state index contributed by atoms with van der Waals surface area (Å²) in [5.41, 5.74) is 1.03. The second-order valence-electron chi connectivity index (χ2n) is 3.22. The number of carbonyl (C=O) groups excluding carboxylic acids is 1. The second kappa shape index (κ2) is 4.86. The molecule has 0 bridgehead atoms. The van der Waals surface area contributed by atoms with Gasteiger partial charge in [-0.1, -0.05) is 12.2 Å². The van der Waals surface area contributed by atoms with Crippen LogP contribution >= 0.6 is 0 Å². The van der Waals surface area contributed by atoms with E-state index in [9.17, 15) is 4.79 Å². The average Bonchev–Trinajstić information content (AvgIpc) is 2.53. The fourth-order valence-corrected chi connectivity index (χ4v) is 1.51. The molecule has 0 spiro atoms. The molecule has 3 nitrogen and oxygen atoms in total. The molecule has 0 aliphatic carbocycles. The van der Waals surface area contributed by atoms with Crippen molar-refractivity contribution < 1.29 is 4.79 Å². The van der Waals surface area contributed by atoms with Crippen molar-refractivity contribution in [3.63, 3.8) is 0 Å². The molecule has 1 heterocycles. The Morgan fingerprint density at radius 2 is 2.58 bits per heavy atom. The number of nitrogens with zero attached hydrogens (tertiary/aromatic N) is 1. The number of nitrogens with one attached hydrogen (secondary N) is 1. The molecule has 0 aromatic rings. The highest BCUT2D eigenvalue weighted by Crippen LogP contribution is 2.16. The van der Waals surface area contributed by atoms with Crippen molar-refractivity contribution >= 4 is 6.08 Å². The van der Waals surface area contributed by atoms with Crippen LogP contribution in [0.3, 0.4) is 0 Å². The standard InChI is InChI=1S/C9H14N2O/c1-8(5-11-7-12)4-9-2-3-10-6-9/h9-10H,1-6H2. The monoisotopic (exact) mass is 166 g/mol. The molecule has 1 atom stereocenters. The fourth-order valence-electron chi connectivity index (χ4n) is 1.51. The Labute approximate surface area is 72.6 Å². The molecule has 3 heteroatoms. The molecule has 1 fully saturated rings. The minimum absolute atomic E-state index is 0.444. The molecule has 0 aromatic carbocycles. The zero-order valence-electron chi connectivity index (χ0n) is 7.18. The lowest BCUT2D eigenvalue weighted by Crippen LogP contribution is -2.09. The minimum Gasteiger partial charge on any atom is -0.316 e. The molecular formula is C9H14N2O. The molecule has 66 valence electrons. The van der Waals surface area contributed by atoms with Crippen molar-refractivity contribution in [2.24, 2.45) is 10.9 Å². The van der Waals surface area contributed by atoms with E-state index in [1.165, 1.54) is 12.5 Å². The Morgan fingerprint density at radius 3 is 3.17 bits per heavy atom. The maximum Gasteiger partial charge on any atom is 0.235 e. The van der Waals surface area contributed by atoms with E-state index in [4.69, 9.17) is 0 Å². The lowest BCUT2D eigenvalue weighted by molar-refractivity contribution is 0.559. The van der Waals surface area contributed by atoms with E-state index in [-0.39, 0.29) is 0 Å². The predicted octanol–water partition coefficient (Wildman–Crippen LogP) is 0.878. The Hall–Kier alpha value is -0.920. The predicted molar refractivity (Wildman–Crippen MR) is 47.7 cm³/mol. The van der Waals surface area contributed by atoms with Gasteiger partial charge in [-0.05, 0) is 31.8 Å². The summed E-state index contributed by atoms with van der Waals surface area (Å²) >= 11 is 0. The first kappa shape index (κ1) is 9.17. The highest BCUT2D eigenvalue weighted by Gasteiger charge is 2.14. The molecule has 0 aromatic heterocycles. The van der Waals surface area contributed by atoms with Crippen LogP contribution in [-0.2, 0) is 4.79 Å². The molecule has 1 N–H and O–H groups in total. The quantitative estimate of drug-likeness (QED) is 0.382. The first-order valence-corrected chi connectivity index (χ1v) is 4.24. The van der Waals surface area contributed by atoms with Crippen molar-refractivity contribution in [1.29, 1.82) is 0 Å². The Bertz CT molecular complexity index is 201. The van der Waals surface area contributed by atoms with Gasteiger partial charge in [0.15, 0.2) is 0 Å². The van der Waals surface area contributed by atoms with Crippen molar-refractivity contribution in [3.05, 3.63) is 12.2 Å². The lowest BCUT2D eigenvalue weighted by atomic mass is 10.00. The Morgan fingerprint density at radius 1 is 1.75 bits per heavy atom. The van der Waals surface area contributed by atoms with Crippen LogP contribution in [0.25, 0.3) is 0 Å². The largest absolute Gasteiger partial charge is 0.316 e. The van der Waals surface area contributed by atoms with E-state index >= 15 is 0 Å². The molecule has 1 saturated heterocycles. The second-order valence-corrected chi connectivity index (χ2v) is 3.22. The molecule has 1 aliphatic heterocycles. The van der Waals surface area contributed by atoms with E-state index in [1.807, 2.05) is 0 Å². The van der Waals surface area contributed by atoms with Gasteiger partial charge in [0, 0.05) is 0 Å². The molecule has 0 saturated carbocycles. The van der Waals surface area contributed by atoms with E-state index in [2.05, 4.69) is 16.9 Å². The summed E-state index contributed by atoms with van der Waals surface area (Å²) in [6.45, 7) is 6.48. The molecule has 1 aliphatic rings. The summed E-state index contributed by atoms with van der Waals surface area (Å²) in [4.78, 5) is 13.3. The van der Waals surface area contributed by atoms with Gasteiger partial charge in [0.1, 0.15) is 0 Å². The van der Waals surface area contributed by atoms with Crippen molar-refractivity contribution in [2.75, 3.05) is 19.6 Å². The Balaban J connectivity index is 2.20. The van der Waals surface area contributed by atoms with Crippen LogP contribution in [0.2, 0.25) is 0 Å². The maximum absolute atomic E-state index is 9.80. The van der Waals surface area contributed by atoms with E-state index in [0.29, 0.717) is 12.5 Å². The zero-order valence-corrected chi connectivity index (χ0v) is 7.18. The first-order chi connectivity index (χ1) is 5.83. The average molecular weight is 166 g/mol. The minimum atomic E-state index is 0.444. The summed E-state index contributed by atoms with van der Waals surface area (Å²) < 4.78 is 0. The normalized spacial score (nSPS) is 21.8. The lowest BCUT2D eigenvalue weighted by Gasteiger charge is -2.07. The van der Waals surface area contributed by atoms with Crippen LogP contribution in [0.4, 0.5) is 0 Å². The number of aliphatic imine (C=N–C) groups is 1. The van der Waals surface area contributed by atoms with Crippen molar-refractivity contribution in [1.82, 2.24) is 5.32 Å². The van der Waals surface area contributed by atoms with Gasteiger partial charge >= 0.3 is 0 Å².